The molecule has 1 amide bonds. The van der Waals surface area contributed by atoms with Gasteiger partial charge in [-0.3, -0.25) is 9.89 Å². The lowest BCUT2D eigenvalue weighted by atomic mass is 10.0. The standard InChI is InChI=1S/C13H12ClN3OS/c1-7-11-12(8-4-2-3-5-9(8)14)19-6-10(18)15-13(11)17-16-7/h2-5,12H,6H2,1H3,(H2,15,16,17,18)/t12-/m0/s1. The first-order valence-electron chi connectivity index (χ1n) is 5.87. The third-order valence-corrected chi connectivity index (χ3v) is 4.68. The van der Waals surface area contributed by atoms with Gasteiger partial charge in [0.15, 0.2) is 5.82 Å². The molecule has 1 atom stereocenters. The fraction of sp³-hybridized carbons (Fsp3) is 0.231. The van der Waals surface area contributed by atoms with Crippen molar-refractivity contribution in [2.75, 3.05) is 11.1 Å². The highest BCUT2D eigenvalue weighted by molar-refractivity contribution is 8.00. The van der Waals surface area contributed by atoms with Gasteiger partial charge < -0.3 is 5.32 Å². The van der Waals surface area contributed by atoms with Crippen molar-refractivity contribution in [2.24, 2.45) is 0 Å². The van der Waals surface area contributed by atoms with E-state index in [0.29, 0.717) is 16.6 Å². The summed E-state index contributed by atoms with van der Waals surface area (Å²) < 4.78 is 0. The number of aromatic nitrogens is 2. The number of aromatic amines is 1. The van der Waals surface area contributed by atoms with Crippen LogP contribution in [0.2, 0.25) is 5.02 Å². The van der Waals surface area contributed by atoms with Crippen molar-refractivity contribution in [3.8, 4) is 0 Å². The maximum Gasteiger partial charge on any atom is 0.235 e. The van der Waals surface area contributed by atoms with Crippen molar-refractivity contribution in [1.82, 2.24) is 10.2 Å². The molecule has 1 aliphatic rings. The minimum absolute atomic E-state index is 0.0152. The van der Waals surface area contributed by atoms with E-state index in [0.717, 1.165) is 16.8 Å². The molecule has 2 heterocycles. The smallest absolute Gasteiger partial charge is 0.235 e. The van der Waals surface area contributed by atoms with Crippen LogP contribution in [0.3, 0.4) is 0 Å². The number of hydrogen-bond donors (Lipinski definition) is 2. The maximum absolute atomic E-state index is 11.7. The van der Waals surface area contributed by atoms with Gasteiger partial charge in [0.1, 0.15) is 0 Å². The number of fused-ring (bicyclic) bond motifs is 1. The van der Waals surface area contributed by atoms with E-state index in [1.54, 1.807) is 11.8 Å². The molecule has 0 radical (unpaired) electrons. The Hall–Kier alpha value is -1.46. The van der Waals surface area contributed by atoms with Crippen molar-refractivity contribution < 1.29 is 4.79 Å². The molecule has 19 heavy (non-hydrogen) atoms. The Balaban J connectivity index is 2.14. The Morgan fingerprint density at radius 1 is 1.42 bits per heavy atom. The molecule has 0 saturated carbocycles. The van der Waals surface area contributed by atoms with Crippen molar-refractivity contribution in [3.05, 3.63) is 46.1 Å². The molecule has 0 unspecified atom stereocenters. The van der Waals surface area contributed by atoms with Crippen LogP contribution in [0.1, 0.15) is 22.1 Å². The number of aryl methyl sites for hydroxylation is 1. The molecule has 0 fully saturated rings. The van der Waals surface area contributed by atoms with E-state index < -0.39 is 0 Å². The predicted molar refractivity (Wildman–Crippen MR) is 77.7 cm³/mol. The normalized spacial score (nSPS) is 18.6. The molecule has 3 rings (SSSR count). The summed E-state index contributed by atoms with van der Waals surface area (Å²) in [7, 11) is 0. The summed E-state index contributed by atoms with van der Waals surface area (Å²) >= 11 is 7.85. The molecule has 98 valence electrons. The minimum Gasteiger partial charge on any atom is -0.308 e. The highest BCUT2D eigenvalue weighted by atomic mass is 35.5. The summed E-state index contributed by atoms with van der Waals surface area (Å²) in [6.07, 6.45) is 0. The molecule has 0 bridgehead atoms. The van der Waals surface area contributed by atoms with Gasteiger partial charge in [0.25, 0.3) is 0 Å². The highest BCUT2D eigenvalue weighted by Crippen LogP contribution is 2.44. The Morgan fingerprint density at radius 2 is 2.21 bits per heavy atom. The fourth-order valence-electron chi connectivity index (χ4n) is 2.20. The Labute approximate surface area is 119 Å². The van der Waals surface area contributed by atoms with E-state index in [2.05, 4.69) is 15.5 Å². The van der Waals surface area contributed by atoms with Crippen molar-refractivity contribution in [3.63, 3.8) is 0 Å². The van der Waals surface area contributed by atoms with E-state index in [1.807, 2.05) is 31.2 Å². The van der Waals surface area contributed by atoms with Crippen molar-refractivity contribution >= 4 is 35.1 Å². The molecule has 1 aromatic carbocycles. The van der Waals surface area contributed by atoms with Gasteiger partial charge in [-0.1, -0.05) is 29.8 Å². The number of hydrogen-bond acceptors (Lipinski definition) is 3. The molecule has 2 aromatic rings. The average Bonchev–Trinajstić information content (AvgIpc) is 2.65. The number of carbonyl (C=O) groups is 1. The molecule has 1 aromatic heterocycles. The van der Waals surface area contributed by atoms with Crippen molar-refractivity contribution in [1.29, 1.82) is 0 Å². The van der Waals surface area contributed by atoms with Gasteiger partial charge >= 0.3 is 0 Å². The van der Waals surface area contributed by atoms with Gasteiger partial charge in [0.05, 0.1) is 11.0 Å². The summed E-state index contributed by atoms with van der Waals surface area (Å²) in [6.45, 7) is 1.95. The Bertz CT molecular complexity index is 641. The van der Waals surface area contributed by atoms with Gasteiger partial charge in [-0.25, -0.2) is 0 Å². The number of nitrogens with zero attached hydrogens (tertiary/aromatic N) is 1. The number of anilines is 1. The van der Waals surface area contributed by atoms with Gasteiger partial charge in [0, 0.05) is 16.3 Å². The van der Waals surface area contributed by atoms with Gasteiger partial charge in [-0.2, -0.15) is 5.10 Å². The van der Waals surface area contributed by atoms with E-state index in [4.69, 9.17) is 11.6 Å². The van der Waals surface area contributed by atoms with Crippen LogP contribution < -0.4 is 5.32 Å². The van der Waals surface area contributed by atoms with Crippen LogP contribution in [0.4, 0.5) is 5.82 Å². The highest BCUT2D eigenvalue weighted by Gasteiger charge is 2.29. The summed E-state index contributed by atoms with van der Waals surface area (Å²) in [6, 6.07) is 7.72. The molecule has 0 spiro atoms. The number of H-pyrrole nitrogens is 1. The number of amides is 1. The number of thioether (sulfide) groups is 1. The first-order chi connectivity index (χ1) is 9.16. The zero-order valence-electron chi connectivity index (χ0n) is 10.2. The second-order valence-electron chi connectivity index (χ2n) is 4.37. The van der Waals surface area contributed by atoms with Crippen molar-refractivity contribution in [2.45, 2.75) is 12.2 Å². The number of halogens is 1. The molecular formula is C13H12ClN3OS. The molecule has 2 N–H and O–H groups in total. The predicted octanol–water partition coefficient (Wildman–Crippen LogP) is 3.15. The summed E-state index contributed by atoms with van der Waals surface area (Å²) in [5.41, 5.74) is 2.97. The van der Waals surface area contributed by atoms with Crippen LogP contribution in [0.25, 0.3) is 0 Å². The van der Waals surface area contributed by atoms with Crippen LogP contribution in [0, 0.1) is 6.92 Å². The Kier molecular flexibility index (Phi) is 3.24. The summed E-state index contributed by atoms with van der Waals surface area (Å²) in [5, 5.41) is 10.6. The van der Waals surface area contributed by atoms with Gasteiger partial charge in [0.2, 0.25) is 5.91 Å². The number of carbonyl (C=O) groups excluding carboxylic acids is 1. The number of rotatable bonds is 1. The quantitative estimate of drug-likeness (QED) is 0.849. The molecule has 0 saturated heterocycles. The third kappa shape index (κ3) is 2.24. The third-order valence-electron chi connectivity index (χ3n) is 3.08. The van der Waals surface area contributed by atoms with E-state index >= 15 is 0 Å². The number of benzene rings is 1. The molecule has 1 aliphatic heterocycles. The molecular weight excluding hydrogens is 282 g/mol. The SMILES string of the molecule is Cc1[nH]nc2c1[C@H](c1ccccc1Cl)SCC(=O)N2. The monoisotopic (exact) mass is 293 g/mol. The van der Waals surface area contributed by atoms with Crippen LogP contribution in [-0.4, -0.2) is 21.9 Å². The minimum atomic E-state index is -0.0349. The largest absolute Gasteiger partial charge is 0.308 e. The summed E-state index contributed by atoms with van der Waals surface area (Å²) in [5.74, 6) is 0.968. The zero-order chi connectivity index (χ0) is 13.4. The first-order valence-corrected chi connectivity index (χ1v) is 7.30. The van der Waals surface area contributed by atoms with Crippen LogP contribution in [0.15, 0.2) is 24.3 Å². The maximum atomic E-state index is 11.7. The summed E-state index contributed by atoms with van der Waals surface area (Å²) in [4.78, 5) is 11.7. The Morgan fingerprint density at radius 3 is 3.00 bits per heavy atom. The molecule has 0 aliphatic carbocycles. The van der Waals surface area contributed by atoms with Crippen LogP contribution in [0.5, 0.6) is 0 Å². The number of nitrogens with one attached hydrogen (secondary N) is 2. The first kappa shape index (κ1) is 12.6. The second kappa shape index (κ2) is 4.90. The van der Waals surface area contributed by atoms with E-state index in [-0.39, 0.29) is 11.2 Å². The molecule has 6 heteroatoms. The molecule has 4 nitrogen and oxygen atoms in total. The fourth-order valence-corrected chi connectivity index (χ4v) is 3.74. The van der Waals surface area contributed by atoms with Crippen LogP contribution in [-0.2, 0) is 4.79 Å². The lowest BCUT2D eigenvalue weighted by Crippen LogP contribution is -2.12. The zero-order valence-corrected chi connectivity index (χ0v) is 11.8. The lowest BCUT2D eigenvalue weighted by Gasteiger charge is -2.16. The van der Waals surface area contributed by atoms with E-state index in [9.17, 15) is 4.79 Å². The lowest BCUT2D eigenvalue weighted by molar-refractivity contribution is -0.113. The second-order valence-corrected chi connectivity index (χ2v) is 5.87. The van der Waals surface area contributed by atoms with Crippen LogP contribution >= 0.6 is 23.4 Å². The van der Waals surface area contributed by atoms with Gasteiger partial charge in [-0.05, 0) is 18.6 Å². The average molecular weight is 294 g/mol. The van der Waals surface area contributed by atoms with E-state index in [1.165, 1.54) is 0 Å². The van der Waals surface area contributed by atoms with Gasteiger partial charge in [-0.15, -0.1) is 11.8 Å². The topological polar surface area (TPSA) is 57.8 Å².